The lowest BCUT2D eigenvalue weighted by Crippen LogP contribution is -2.47. The molecule has 1 aliphatic heterocycles. The highest BCUT2D eigenvalue weighted by Crippen LogP contribution is 2.46. The molecule has 3 N–H and O–H groups in total. The molecule has 0 bridgehead atoms. The van der Waals surface area contributed by atoms with Crippen molar-refractivity contribution in [1.29, 1.82) is 0 Å². The first-order valence-corrected chi connectivity index (χ1v) is 12.8. The summed E-state index contributed by atoms with van der Waals surface area (Å²) in [5, 5.41) is 2.74. The molecule has 4 amide bonds. The number of nitrogens with one attached hydrogen (secondary N) is 1. The van der Waals surface area contributed by atoms with Crippen LogP contribution in [0.4, 0.5) is 10.5 Å². The molecule has 9 heteroatoms. The SMILES string of the molecule is CC(N)C(=O)Nc1ccc2c(c1)CCC21OC(=O)N(CC(=O)N(Cc2ccccc2)C(C)C2CC2)C1=O. The van der Waals surface area contributed by atoms with E-state index >= 15 is 0 Å². The van der Waals surface area contributed by atoms with Crippen LogP contribution in [0.3, 0.4) is 0 Å². The molecule has 1 heterocycles. The van der Waals surface area contributed by atoms with E-state index in [1.54, 1.807) is 30.0 Å². The molecule has 2 aliphatic carbocycles. The van der Waals surface area contributed by atoms with Crippen LogP contribution in [0, 0.1) is 5.92 Å². The summed E-state index contributed by atoms with van der Waals surface area (Å²) in [7, 11) is 0. The molecule has 0 radical (unpaired) electrons. The largest absolute Gasteiger partial charge is 0.427 e. The molecular formula is C28H32N4O5. The molecule has 3 unspecified atom stereocenters. The number of hydrogen-bond donors (Lipinski definition) is 2. The van der Waals surface area contributed by atoms with Crippen molar-refractivity contribution in [3.8, 4) is 0 Å². The number of benzene rings is 2. The molecule has 5 rings (SSSR count). The average Bonchev–Trinajstić information content (AvgIpc) is 3.63. The summed E-state index contributed by atoms with van der Waals surface area (Å²) in [5.41, 5.74) is 7.14. The van der Waals surface area contributed by atoms with Crippen LogP contribution in [0.5, 0.6) is 0 Å². The Morgan fingerprint density at radius 1 is 1.16 bits per heavy atom. The van der Waals surface area contributed by atoms with Crippen molar-refractivity contribution >= 4 is 29.5 Å². The van der Waals surface area contributed by atoms with E-state index in [4.69, 9.17) is 10.5 Å². The van der Waals surface area contributed by atoms with E-state index in [-0.39, 0.29) is 30.8 Å². The van der Waals surface area contributed by atoms with Gasteiger partial charge < -0.3 is 20.7 Å². The van der Waals surface area contributed by atoms with Gasteiger partial charge in [-0.2, -0.15) is 0 Å². The fourth-order valence-corrected chi connectivity index (χ4v) is 5.29. The monoisotopic (exact) mass is 504 g/mol. The second-order valence-corrected chi connectivity index (χ2v) is 10.3. The summed E-state index contributed by atoms with van der Waals surface area (Å²) >= 11 is 0. The van der Waals surface area contributed by atoms with Crippen LogP contribution in [0.2, 0.25) is 0 Å². The highest BCUT2D eigenvalue weighted by molar-refractivity contribution is 6.06. The number of nitrogens with zero attached hydrogens (tertiary/aromatic N) is 2. The zero-order valence-electron chi connectivity index (χ0n) is 21.1. The van der Waals surface area contributed by atoms with Gasteiger partial charge in [0, 0.05) is 30.3 Å². The summed E-state index contributed by atoms with van der Waals surface area (Å²) in [6.07, 6.45) is 2.11. The maximum atomic E-state index is 13.6. The predicted molar refractivity (Wildman–Crippen MR) is 136 cm³/mol. The lowest BCUT2D eigenvalue weighted by atomic mass is 9.94. The van der Waals surface area contributed by atoms with Gasteiger partial charge in [-0.1, -0.05) is 36.4 Å². The van der Waals surface area contributed by atoms with Gasteiger partial charge in [0.2, 0.25) is 17.4 Å². The molecule has 2 aromatic rings. The number of carbonyl (C=O) groups excluding carboxylic acids is 4. The highest BCUT2D eigenvalue weighted by atomic mass is 16.6. The van der Waals surface area contributed by atoms with Crippen LogP contribution in [-0.4, -0.2) is 52.2 Å². The van der Waals surface area contributed by atoms with E-state index in [9.17, 15) is 19.2 Å². The van der Waals surface area contributed by atoms with Gasteiger partial charge in [-0.05, 0) is 62.3 Å². The van der Waals surface area contributed by atoms with Crippen molar-refractivity contribution in [2.45, 2.75) is 63.8 Å². The fourth-order valence-electron chi connectivity index (χ4n) is 5.29. The Morgan fingerprint density at radius 2 is 1.89 bits per heavy atom. The van der Waals surface area contributed by atoms with Gasteiger partial charge in [0.25, 0.3) is 5.91 Å². The Balaban J connectivity index is 1.34. The molecule has 2 fully saturated rings. The standard InChI is InChI=1S/C28H32N4O5/c1-17(29)25(34)30-22-10-11-23-21(14-22)12-13-28(23)26(35)32(27(36)37-28)16-24(33)31(18(2)20-8-9-20)15-19-6-4-3-5-7-19/h3-7,10-11,14,17-18,20H,8-9,12-13,15-16,29H2,1-2H3,(H,30,34). The van der Waals surface area contributed by atoms with Crippen LogP contribution in [-0.2, 0) is 37.7 Å². The second kappa shape index (κ2) is 9.63. The molecular weight excluding hydrogens is 472 g/mol. The summed E-state index contributed by atoms with van der Waals surface area (Å²) in [5.74, 6) is -0.686. The summed E-state index contributed by atoms with van der Waals surface area (Å²) < 4.78 is 5.70. The van der Waals surface area contributed by atoms with Gasteiger partial charge in [0.1, 0.15) is 6.54 Å². The minimum absolute atomic E-state index is 0.00692. The van der Waals surface area contributed by atoms with Crippen LogP contribution >= 0.6 is 0 Å². The molecule has 3 aliphatic rings. The van der Waals surface area contributed by atoms with Gasteiger partial charge in [-0.15, -0.1) is 0 Å². The molecule has 9 nitrogen and oxygen atoms in total. The van der Waals surface area contributed by atoms with Gasteiger partial charge in [0.05, 0.1) is 6.04 Å². The zero-order chi connectivity index (χ0) is 26.3. The van der Waals surface area contributed by atoms with Gasteiger partial charge in [0.15, 0.2) is 0 Å². The van der Waals surface area contributed by atoms with E-state index in [0.717, 1.165) is 28.9 Å². The van der Waals surface area contributed by atoms with Gasteiger partial charge >= 0.3 is 6.09 Å². The summed E-state index contributed by atoms with van der Waals surface area (Å²) in [4.78, 5) is 54.7. The van der Waals surface area contributed by atoms with Crippen molar-refractivity contribution in [3.05, 3.63) is 65.2 Å². The first kappa shape index (κ1) is 25.0. The number of ether oxygens (including phenoxy) is 1. The van der Waals surface area contributed by atoms with E-state index in [1.165, 1.54) is 0 Å². The van der Waals surface area contributed by atoms with Crippen molar-refractivity contribution in [2.24, 2.45) is 11.7 Å². The molecule has 1 spiro atoms. The van der Waals surface area contributed by atoms with Crippen LogP contribution < -0.4 is 11.1 Å². The number of anilines is 1. The number of carbonyl (C=O) groups is 4. The molecule has 3 atom stereocenters. The quantitative estimate of drug-likeness (QED) is 0.570. The van der Waals surface area contributed by atoms with Crippen molar-refractivity contribution in [1.82, 2.24) is 9.80 Å². The predicted octanol–water partition coefficient (Wildman–Crippen LogP) is 2.92. The van der Waals surface area contributed by atoms with E-state index in [1.807, 2.05) is 37.3 Å². The van der Waals surface area contributed by atoms with E-state index < -0.39 is 23.6 Å². The maximum Gasteiger partial charge on any atom is 0.418 e. The number of fused-ring (bicyclic) bond motifs is 2. The number of hydrogen-bond acceptors (Lipinski definition) is 6. The minimum atomic E-state index is -1.44. The summed E-state index contributed by atoms with van der Waals surface area (Å²) in [6.45, 7) is 3.68. The Morgan fingerprint density at radius 3 is 2.57 bits per heavy atom. The lowest BCUT2D eigenvalue weighted by molar-refractivity contribution is -0.143. The number of rotatable bonds is 8. The van der Waals surface area contributed by atoms with Crippen molar-refractivity contribution in [2.75, 3.05) is 11.9 Å². The maximum absolute atomic E-state index is 13.6. The molecule has 37 heavy (non-hydrogen) atoms. The third kappa shape index (κ3) is 4.71. The molecule has 1 saturated carbocycles. The van der Waals surface area contributed by atoms with Gasteiger partial charge in [-0.25, -0.2) is 9.69 Å². The Bertz CT molecular complexity index is 1240. The first-order chi connectivity index (χ1) is 17.7. The first-order valence-electron chi connectivity index (χ1n) is 12.8. The Kier molecular flexibility index (Phi) is 6.49. The number of amides is 4. The second-order valence-electron chi connectivity index (χ2n) is 10.3. The topological polar surface area (TPSA) is 122 Å². The molecule has 0 aromatic heterocycles. The normalized spacial score (nSPS) is 22.0. The van der Waals surface area contributed by atoms with Crippen LogP contribution in [0.15, 0.2) is 48.5 Å². The zero-order valence-corrected chi connectivity index (χ0v) is 21.1. The highest BCUT2D eigenvalue weighted by Gasteiger charge is 2.58. The van der Waals surface area contributed by atoms with Crippen molar-refractivity contribution < 1.29 is 23.9 Å². The van der Waals surface area contributed by atoms with E-state index in [0.29, 0.717) is 30.1 Å². The third-order valence-corrected chi connectivity index (χ3v) is 7.65. The average molecular weight is 505 g/mol. The van der Waals surface area contributed by atoms with Crippen LogP contribution in [0.25, 0.3) is 0 Å². The van der Waals surface area contributed by atoms with Gasteiger partial charge in [-0.3, -0.25) is 14.4 Å². The molecule has 2 aromatic carbocycles. The third-order valence-electron chi connectivity index (χ3n) is 7.65. The minimum Gasteiger partial charge on any atom is -0.427 e. The Hall–Kier alpha value is -3.72. The van der Waals surface area contributed by atoms with Crippen molar-refractivity contribution in [3.63, 3.8) is 0 Å². The smallest absolute Gasteiger partial charge is 0.418 e. The van der Waals surface area contributed by atoms with Crippen LogP contribution in [0.1, 0.15) is 49.8 Å². The number of nitrogens with two attached hydrogens (primary N) is 1. The number of imide groups is 1. The Labute approximate surface area is 215 Å². The molecule has 194 valence electrons. The number of aryl methyl sites for hydroxylation is 1. The van der Waals surface area contributed by atoms with E-state index in [2.05, 4.69) is 5.32 Å². The molecule has 1 saturated heterocycles. The lowest BCUT2D eigenvalue weighted by Gasteiger charge is -2.30. The fraction of sp³-hybridized carbons (Fsp3) is 0.429. The summed E-state index contributed by atoms with van der Waals surface area (Å²) in [6, 6.07) is 14.2.